The second-order valence-corrected chi connectivity index (χ2v) is 9.96. The number of Topliss-reactive ketones (excluding diaryl/α,β-unsaturated/α-hetero) is 2. The van der Waals surface area contributed by atoms with E-state index in [0.717, 1.165) is 5.56 Å². The van der Waals surface area contributed by atoms with E-state index in [4.69, 9.17) is 11.6 Å². The number of hydrogen-bond donors (Lipinski definition) is 0. The molecule has 1 fully saturated rings. The third-order valence-electron chi connectivity index (χ3n) is 5.50. The second kappa shape index (κ2) is 9.28. The molecule has 0 aromatic heterocycles. The quantitative estimate of drug-likeness (QED) is 0.267. The zero-order chi connectivity index (χ0) is 23.6. The molecule has 0 N–H and O–H groups in total. The van der Waals surface area contributed by atoms with E-state index in [2.05, 4.69) is 10.3 Å². The summed E-state index contributed by atoms with van der Waals surface area (Å²) in [6, 6.07) is 21.4. The number of carbonyl (C=O) groups excluding carboxylic acids is 2. The molecule has 0 aliphatic heterocycles. The maximum Gasteiger partial charge on any atom is 0.289 e. The monoisotopic (exact) mass is 477 g/mol. The topological polar surface area (TPSA) is 80.6 Å². The van der Waals surface area contributed by atoms with Crippen molar-refractivity contribution >= 4 is 44.6 Å². The van der Waals surface area contributed by atoms with Crippen LogP contribution in [0, 0.1) is 18.8 Å². The van der Waals surface area contributed by atoms with E-state index in [1.54, 1.807) is 60.7 Å². The van der Waals surface area contributed by atoms with Crippen molar-refractivity contribution in [3.05, 3.63) is 101 Å². The molecule has 1 aliphatic rings. The van der Waals surface area contributed by atoms with Gasteiger partial charge in [0.2, 0.25) is 0 Å². The predicted molar refractivity (Wildman–Crippen MR) is 128 cm³/mol. The lowest BCUT2D eigenvalue weighted by molar-refractivity contribution is -0.115. The van der Waals surface area contributed by atoms with Gasteiger partial charge in [-0.1, -0.05) is 71.8 Å². The van der Waals surface area contributed by atoms with E-state index in [-0.39, 0.29) is 22.0 Å². The largest absolute Gasteiger partial charge is 0.294 e. The first-order valence-electron chi connectivity index (χ1n) is 10.3. The lowest BCUT2D eigenvalue weighted by atomic mass is 9.97. The van der Waals surface area contributed by atoms with E-state index >= 15 is 0 Å². The fourth-order valence-corrected chi connectivity index (χ4v) is 4.45. The Morgan fingerprint density at radius 2 is 1.52 bits per heavy atom. The molecule has 0 saturated heterocycles. The molecule has 33 heavy (non-hydrogen) atoms. The molecule has 0 amide bonds. The van der Waals surface area contributed by atoms with Crippen LogP contribution in [-0.2, 0) is 14.8 Å². The van der Waals surface area contributed by atoms with E-state index in [0.29, 0.717) is 22.6 Å². The average Bonchev–Trinajstić information content (AvgIpc) is 3.61. The van der Waals surface area contributed by atoms with Gasteiger partial charge in [0.25, 0.3) is 10.0 Å². The summed E-state index contributed by atoms with van der Waals surface area (Å²) >= 11 is 5.97. The first kappa shape index (κ1) is 22.9. The van der Waals surface area contributed by atoms with Gasteiger partial charge in [0.15, 0.2) is 11.6 Å². The van der Waals surface area contributed by atoms with Crippen LogP contribution in [0.2, 0.25) is 5.02 Å². The van der Waals surface area contributed by atoms with Gasteiger partial charge in [0.1, 0.15) is 0 Å². The molecule has 4 rings (SSSR count). The lowest BCUT2D eigenvalue weighted by Gasteiger charge is -2.05. The van der Waals surface area contributed by atoms with Gasteiger partial charge >= 0.3 is 0 Å². The highest BCUT2D eigenvalue weighted by atomic mass is 35.5. The zero-order valence-electron chi connectivity index (χ0n) is 17.7. The number of hydrogen-bond acceptors (Lipinski definition) is 4. The highest BCUT2D eigenvalue weighted by Gasteiger charge is 2.48. The molecule has 7 heteroatoms. The molecule has 0 unspecified atom stereocenters. The normalized spacial score (nSPS) is 17.0. The molecule has 166 valence electrons. The minimum atomic E-state index is -4.05. The van der Waals surface area contributed by atoms with Crippen molar-refractivity contribution in [2.75, 3.05) is 0 Å². The van der Waals surface area contributed by atoms with Gasteiger partial charge in [0.05, 0.1) is 10.5 Å². The molecule has 3 aromatic rings. The van der Waals surface area contributed by atoms with Gasteiger partial charge in [0, 0.05) is 28.3 Å². The Balaban J connectivity index is 1.68. The van der Waals surface area contributed by atoms with Gasteiger partial charge in [-0.05, 0) is 43.2 Å². The smallest absolute Gasteiger partial charge is 0.289 e. The van der Waals surface area contributed by atoms with Crippen molar-refractivity contribution in [1.82, 2.24) is 0 Å². The summed E-state index contributed by atoms with van der Waals surface area (Å²) < 4.78 is 29.0. The van der Waals surface area contributed by atoms with E-state index in [9.17, 15) is 18.0 Å². The van der Waals surface area contributed by atoms with Crippen LogP contribution in [0.1, 0.15) is 27.9 Å². The van der Waals surface area contributed by atoms with Gasteiger partial charge in [-0.25, -0.2) is 0 Å². The van der Waals surface area contributed by atoms with Crippen molar-refractivity contribution in [1.29, 1.82) is 0 Å². The second-order valence-electron chi connectivity index (χ2n) is 7.92. The van der Waals surface area contributed by atoms with Crippen LogP contribution >= 0.6 is 11.6 Å². The van der Waals surface area contributed by atoms with Gasteiger partial charge in [-0.3, -0.25) is 9.59 Å². The fraction of sp³-hybridized carbons (Fsp3) is 0.154. The van der Waals surface area contributed by atoms with Crippen molar-refractivity contribution in [3.8, 4) is 0 Å². The van der Waals surface area contributed by atoms with Crippen LogP contribution in [0.5, 0.6) is 0 Å². The fourth-order valence-electron chi connectivity index (χ4n) is 3.52. The van der Waals surface area contributed by atoms with E-state index < -0.39 is 21.9 Å². The van der Waals surface area contributed by atoms with Gasteiger partial charge in [-0.2, -0.15) is 8.42 Å². The maximum absolute atomic E-state index is 13.3. The first-order chi connectivity index (χ1) is 15.8. The van der Waals surface area contributed by atoms with Crippen molar-refractivity contribution < 1.29 is 18.0 Å². The molecular weight excluding hydrogens is 458 g/mol. The number of nitrogens with zero attached hydrogens (tertiary/aromatic N) is 1. The van der Waals surface area contributed by atoms with Crippen LogP contribution < -0.4 is 0 Å². The Kier molecular flexibility index (Phi) is 6.43. The van der Waals surface area contributed by atoms with Crippen LogP contribution in [-0.4, -0.2) is 25.9 Å². The highest BCUT2D eigenvalue weighted by Crippen LogP contribution is 2.44. The molecule has 3 aromatic carbocycles. The Morgan fingerprint density at radius 1 is 0.879 bits per heavy atom. The molecule has 2 atom stereocenters. The molecule has 0 radical (unpaired) electrons. The Morgan fingerprint density at radius 3 is 2.15 bits per heavy atom. The van der Waals surface area contributed by atoms with Crippen molar-refractivity contribution in [2.24, 2.45) is 16.2 Å². The minimum Gasteiger partial charge on any atom is -0.294 e. The Labute approximate surface area is 197 Å². The van der Waals surface area contributed by atoms with E-state index in [1.807, 2.05) is 13.0 Å². The van der Waals surface area contributed by atoms with Crippen molar-refractivity contribution in [2.45, 2.75) is 18.2 Å². The summed E-state index contributed by atoms with van der Waals surface area (Å²) in [5.41, 5.74) is 1.90. The van der Waals surface area contributed by atoms with Crippen molar-refractivity contribution in [3.63, 3.8) is 0 Å². The summed E-state index contributed by atoms with van der Waals surface area (Å²) in [7, 11) is -4.05. The van der Waals surface area contributed by atoms with Gasteiger partial charge < -0.3 is 0 Å². The maximum atomic E-state index is 13.3. The lowest BCUT2D eigenvalue weighted by Crippen LogP contribution is -2.11. The Bertz CT molecular complexity index is 1370. The number of aryl methyl sites for hydroxylation is 1. The number of benzene rings is 3. The predicted octanol–water partition coefficient (Wildman–Crippen LogP) is 5.18. The molecule has 1 saturated carbocycles. The number of allylic oxidation sites excluding steroid dienone is 1. The summed E-state index contributed by atoms with van der Waals surface area (Å²) in [6.45, 7) is 1.85. The average molecular weight is 478 g/mol. The molecular formula is C26H20ClNO4S. The molecule has 5 nitrogen and oxygen atoms in total. The zero-order valence-corrected chi connectivity index (χ0v) is 19.3. The Hall–Kier alpha value is -3.31. The number of carbonyl (C=O) groups is 2. The number of rotatable bonds is 7. The number of halogens is 1. The minimum absolute atomic E-state index is 0.00654. The van der Waals surface area contributed by atoms with Gasteiger partial charge in [-0.15, -0.1) is 4.40 Å². The molecule has 1 aliphatic carbocycles. The third kappa shape index (κ3) is 5.20. The molecule has 0 spiro atoms. The standard InChI is InChI=1S/C26H20ClNO4S/c1-17-7-13-21(14-8-17)33(31,32)28-16-24(18-9-11-20(27)12-10-18)26(30)23-15-22(23)25(29)19-5-3-2-4-6-19/h2-14,22-23H,15H2,1H3/t22-,23-/m1/s1. The molecule has 0 bridgehead atoms. The molecule has 0 heterocycles. The highest BCUT2D eigenvalue weighted by molar-refractivity contribution is 7.90. The summed E-state index contributed by atoms with van der Waals surface area (Å²) in [5, 5.41) is 0.471. The third-order valence-corrected chi connectivity index (χ3v) is 6.95. The van der Waals surface area contributed by atoms with E-state index in [1.165, 1.54) is 12.1 Å². The number of sulfonamides is 1. The summed E-state index contributed by atoms with van der Waals surface area (Å²) in [6.07, 6.45) is 0.399. The van der Waals surface area contributed by atoms with Crippen LogP contribution in [0.4, 0.5) is 0 Å². The first-order valence-corrected chi connectivity index (χ1v) is 12.1. The van der Waals surface area contributed by atoms with Crippen LogP contribution in [0.3, 0.4) is 0 Å². The summed E-state index contributed by atoms with van der Waals surface area (Å²) in [5.74, 6) is 1.02. The summed E-state index contributed by atoms with van der Waals surface area (Å²) in [4.78, 5) is 26.0. The SMILES string of the molecule is Cc1ccc(S(=O)(=O)N=C=C(C(=O)[C@@H]2C[C@H]2C(=O)c2ccccc2)c2ccc(Cl)cc2)cc1. The number of ketones is 2. The van der Waals surface area contributed by atoms with Crippen LogP contribution in [0.25, 0.3) is 5.57 Å². The van der Waals surface area contributed by atoms with Crippen LogP contribution in [0.15, 0.2) is 88.2 Å².